The number of nitrogens with zero attached hydrogens (tertiary/aromatic N) is 2. The highest BCUT2D eigenvalue weighted by atomic mass is 16.5. The molecule has 21 heavy (non-hydrogen) atoms. The summed E-state index contributed by atoms with van der Waals surface area (Å²) in [5, 5.41) is 4.11. The molecule has 0 radical (unpaired) electrons. The fraction of sp³-hybridized carbons (Fsp3) is 0.286. The third-order valence-electron chi connectivity index (χ3n) is 2.80. The minimum absolute atomic E-state index is 0.335. The third kappa shape index (κ3) is 4.22. The Balaban J connectivity index is 1.74. The van der Waals surface area contributed by atoms with Crippen LogP contribution in [-0.4, -0.2) is 28.9 Å². The first-order chi connectivity index (χ1) is 10.2. The monoisotopic (exact) mass is 290 g/mol. The molecule has 7 heteroatoms. The van der Waals surface area contributed by atoms with E-state index in [9.17, 15) is 4.79 Å². The van der Waals surface area contributed by atoms with Crippen molar-refractivity contribution in [2.45, 2.75) is 13.5 Å². The van der Waals surface area contributed by atoms with Crippen molar-refractivity contribution in [3.05, 3.63) is 42.2 Å². The number of carbonyl (C=O) groups is 1. The van der Waals surface area contributed by atoms with Crippen LogP contribution >= 0.6 is 0 Å². The Morgan fingerprint density at radius 3 is 2.48 bits per heavy atom. The first-order valence-electron chi connectivity index (χ1n) is 6.62. The predicted molar refractivity (Wildman–Crippen MR) is 77.0 cm³/mol. The topological polar surface area (TPSA) is 91.4 Å². The number of nitrogens with one attached hydrogen (secondary N) is 1. The molecule has 0 fully saturated rings. The van der Waals surface area contributed by atoms with Crippen LogP contribution in [0.2, 0.25) is 0 Å². The van der Waals surface area contributed by atoms with Gasteiger partial charge in [-0.1, -0.05) is 0 Å². The lowest BCUT2D eigenvalue weighted by Crippen LogP contribution is -2.29. The molecule has 1 heterocycles. The van der Waals surface area contributed by atoms with Gasteiger partial charge in [-0.25, -0.2) is 5.84 Å². The summed E-state index contributed by atoms with van der Waals surface area (Å²) in [5.74, 6) is 6.10. The number of rotatable bonds is 7. The van der Waals surface area contributed by atoms with Crippen molar-refractivity contribution in [2.75, 3.05) is 13.2 Å². The Kier molecular flexibility index (Phi) is 5.16. The summed E-state index contributed by atoms with van der Waals surface area (Å²) in [6, 6.07) is 6.70. The molecule has 0 aliphatic rings. The molecule has 0 saturated carbocycles. The molecule has 1 amide bonds. The molecular formula is C14H18N4O3. The van der Waals surface area contributed by atoms with Crippen LogP contribution in [-0.2, 0) is 6.54 Å². The van der Waals surface area contributed by atoms with Crippen LogP contribution in [0.1, 0.15) is 17.3 Å². The van der Waals surface area contributed by atoms with Crippen LogP contribution in [0.3, 0.4) is 0 Å². The molecule has 112 valence electrons. The molecule has 2 aromatic rings. The Bertz CT molecular complexity index is 580. The summed E-state index contributed by atoms with van der Waals surface area (Å²) < 4.78 is 12.8. The van der Waals surface area contributed by atoms with E-state index in [1.807, 2.05) is 13.1 Å². The number of aryl methyl sites for hydroxylation is 1. The van der Waals surface area contributed by atoms with Gasteiger partial charge < -0.3 is 9.47 Å². The van der Waals surface area contributed by atoms with Gasteiger partial charge in [-0.15, -0.1) is 0 Å². The fourth-order valence-electron chi connectivity index (χ4n) is 1.70. The van der Waals surface area contributed by atoms with Crippen molar-refractivity contribution in [1.29, 1.82) is 0 Å². The smallest absolute Gasteiger partial charge is 0.265 e. The molecule has 0 aliphatic heterocycles. The maximum Gasteiger partial charge on any atom is 0.265 e. The molecule has 1 aromatic heterocycles. The molecule has 0 saturated heterocycles. The van der Waals surface area contributed by atoms with Crippen LogP contribution in [0.15, 0.2) is 36.7 Å². The number of ether oxygens (including phenoxy) is 2. The van der Waals surface area contributed by atoms with Gasteiger partial charge in [0.2, 0.25) is 0 Å². The summed E-state index contributed by atoms with van der Waals surface area (Å²) in [5.41, 5.74) is 2.55. The average molecular weight is 290 g/mol. The zero-order valence-electron chi connectivity index (χ0n) is 11.8. The van der Waals surface area contributed by atoms with E-state index in [1.165, 1.54) is 0 Å². The van der Waals surface area contributed by atoms with Gasteiger partial charge in [0.25, 0.3) is 5.91 Å². The molecule has 7 nitrogen and oxygen atoms in total. The molecule has 1 aromatic carbocycles. The lowest BCUT2D eigenvalue weighted by molar-refractivity contribution is 0.0953. The maximum absolute atomic E-state index is 11.3. The van der Waals surface area contributed by atoms with Crippen LogP contribution in [0.5, 0.6) is 11.5 Å². The minimum Gasteiger partial charge on any atom is -0.490 e. The van der Waals surface area contributed by atoms with E-state index in [1.54, 1.807) is 35.1 Å². The van der Waals surface area contributed by atoms with Gasteiger partial charge in [0.05, 0.1) is 12.4 Å². The standard InChI is InChI=1S/C14H18N4O3/c1-2-18-10-13(9-16-18)21-8-7-20-12-5-3-11(4-6-12)14(19)17-15/h3-6,9-10H,2,7-8,15H2,1H3,(H,17,19). The number of nitrogen functional groups attached to an aromatic ring is 1. The first kappa shape index (κ1) is 14.9. The van der Waals surface area contributed by atoms with Crippen molar-refractivity contribution in [3.63, 3.8) is 0 Å². The zero-order chi connectivity index (χ0) is 15.1. The number of carbonyl (C=O) groups excluding carboxylic acids is 1. The number of hydrogen-bond acceptors (Lipinski definition) is 5. The Morgan fingerprint density at radius 2 is 1.90 bits per heavy atom. The van der Waals surface area contributed by atoms with Gasteiger partial charge in [0.1, 0.15) is 19.0 Å². The quantitative estimate of drug-likeness (QED) is 0.343. The van der Waals surface area contributed by atoms with E-state index >= 15 is 0 Å². The van der Waals surface area contributed by atoms with Crippen LogP contribution in [0.4, 0.5) is 0 Å². The van der Waals surface area contributed by atoms with E-state index in [0.717, 1.165) is 12.3 Å². The van der Waals surface area contributed by atoms with Gasteiger partial charge in [-0.3, -0.25) is 14.9 Å². The van der Waals surface area contributed by atoms with Crippen LogP contribution < -0.4 is 20.7 Å². The van der Waals surface area contributed by atoms with Crippen molar-refractivity contribution in [2.24, 2.45) is 5.84 Å². The molecule has 0 aliphatic carbocycles. The summed E-state index contributed by atoms with van der Waals surface area (Å²) in [7, 11) is 0. The van der Waals surface area contributed by atoms with Gasteiger partial charge in [-0.05, 0) is 31.2 Å². The summed E-state index contributed by atoms with van der Waals surface area (Å²) in [4.78, 5) is 11.3. The van der Waals surface area contributed by atoms with E-state index in [2.05, 4.69) is 10.5 Å². The number of nitrogens with two attached hydrogens (primary N) is 1. The Labute approximate surface area is 122 Å². The van der Waals surface area contributed by atoms with Crippen LogP contribution in [0.25, 0.3) is 0 Å². The van der Waals surface area contributed by atoms with Crippen molar-refractivity contribution >= 4 is 5.91 Å². The minimum atomic E-state index is -0.335. The fourth-order valence-corrected chi connectivity index (χ4v) is 1.70. The lowest BCUT2D eigenvalue weighted by Gasteiger charge is -2.07. The number of hydrazine groups is 1. The number of benzene rings is 1. The van der Waals surface area contributed by atoms with E-state index in [0.29, 0.717) is 24.5 Å². The zero-order valence-corrected chi connectivity index (χ0v) is 11.8. The second-order valence-corrected chi connectivity index (χ2v) is 4.23. The van der Waals surface area contributed by atoms with Crippen molar-refractivity contribution < 1.29 is 14.3 Å². The number of amides is 1. The third-order valence-corrected chi connectivity index (χ3v) is 2.80. The predicted octanol–water partition coefficient (Wildman–Crippen LogP) is 0.964. The SMILES string of the molecule is CCn1cc(OCCOc2ccc(C(=O)NN)cc2)cn1. The van der Waals surface area contributed by atoms with Gasteiger partial charge in [0, 0.05) is 12.1 Å². The van der Waals surface area contributed by atoms with Crippen LogP contribution in [0, 0.1) is 0 Å². The molecule has 0 unspecified atom stereocenters. The highest BCUT2D eigenvalue weighted by Gasteiger charge is 2.03. The van der Waals surface area contributed by atoms with E-state index in [-0.39, 0.29) is 5.91 Å². The molecule has 0 bridgehead atoms. The Hall–Kier alpha value is -2.54. The second kappa shape index (κ2) is 7.30. The average Bonchev–Trinajstić information content (AvgIpc) is 2.99. The largest absolute Gasteiger partial charge is 0.490 e. The summed E-state index contributed by atoms with van der Waals surface area (Å²) >= 11 is 0. The normalized spacial score (nSPS) is 10.2. The molecule has 0 spiro atoms. The summed E-state index contributed by atoms with van der Waals surface area (Å²) in [6.07, 6.45) is 3.50. The maximum atomic E-state index is 11.3. The highest BCUT2D eigenvalue weighted by molar-refractivity contribution is 5.93. The highest BCUT2D eigenvalue weighted by Crippen LogP contribution is 2.12. The Morgan fingerprint density at radius 1 is 1.24 bits per heavy atom. The number of hydrogen-bond donors (Lipinski definition) is 2. The molecule has 0 atom stereocenters. The lowest BCUT2D eigenvalue weighted by atomic mass is 10.2. The van der Waals surface area contributed by atoms with Crippen molar-refractivity contribution in [1.82, 2.24) is 15.2 Å². The number of aromatic nitrogens is 2. The van der Waals surface area contributed by atoms with E-state index < -0.39 is 0 Å². The first-order valence-corrected chi connectivity index (χ1v) is 6.62. The van der Waals surface area contributed by atoms with Crippen molar-refractivity contribution in [3.8, 4) is 11.5 Å². The van der Waals surface area contributed by atoms with E-state index in [4.69, 9.17) is 15.3 Å². The van der Waals surface area contributed by atoms with Gasteiger partial charge in [-0.2, -0.15) is 5.10 Å². The molecule has 3 N–H and O–H groups in total. The second-order valence-electron chi connectivity index (χ2n) is 4.23. The summed E-state index contributed by atoms with van der Waals surface area (Å²) in [6.45, 7) is 3.64. The van der Waals surface area contributed by atoms with Gasteiger partial charge >= 0.3 is 0 Å². The molecular weight excluding hydrogens is 272 g/mol. The van der Waals surface area contributed by atoms with Gasteiger partial charge in [0.15, 0.2) is 5.75 Å². The molecule has 2 rings (SSSR count).